The van der Waals surface area contributed by atoms with Crippen molar-refractivity contribution in [1.82, 2.24) is 10.2 Å². The predicted octanol–water partition coefficient (Wildman–Crippen LogP) is 5.80. The summed E-state index contributed by atoms with van der Waals surface area (Å²) < 4.78 is 11.3. The molecule has 2 aliphatic carbocycles. The number of rotatable bonds is 14. The van der Waals surface area contributed by atoms with Gasteiger partial charge < -0.3 is 24.8 Å². The van der Waals surface area contributed by atoms with Gasteiger partial charge in [0.1, 0.15) is 12.4 Å². The van der Waals surface area contributed by atoms with Crippen LogP contribution < -0.4 is 10.1 Å². The van der Waals surface area contributed by atoms with E-state index in [2.05, 4.69) is 5.32 Å². The standard InChI is InChI=1S/C29H46N2O5/c1-2-35-27(28(32)33)22-24-15-17-26(18-16-24)36-21-20-31(19-9-12-23-10-5-3-6-11-23)29(34)30-25-13-7-4-8-14-25/h15-18,23,25,27H,2-14,19-22H2,1H3,(H,30,34)(H,32,33). The molecule has 36 heavy (non-hydrogen) atoms. The molecule has 1 atom stereocenters. The predicted molar refractivity (Wildman–Crippen MR) is 141 cm³/mol. The molecule has 0 bridgehead atoms. The molecule has 0 saturated heterocycles. The first-order valence-corrected chi connectivity index (χ1v) is 14.2. The van der Waals surface area contributed by atoms with E-state index in [9.17, 15) is 14.7 Å². The quantitative estimate of drug-likeness (QED) is 0.336. The van der Waals surface area contributed by atoms with Crippen LogP contribution in [0.1, 0.15) is 89.5 Å². The maximum atomic E-state index is 13.1. The monoisotopic (exact) mass is 502 g/mol. The van der Waals surface area contributed by atoms with Gasteiger partial charge in [-0.3, -0.25) is 0 Å². The molecule has 2 aliphatic rings. The SMILES string of the molecule is CCOC(Cc1ccc(OCCN(CCCC2CCCCC2)C(=O)NC2CCCCC2)cc1)C(=O)O. The van der Waals surface area contributed by atoms with Crippen LogP contribution >= 0.6 is 0 Å². The number of urea groups is 1. The van der Waals surface area contributed by atoms with E-state index in [1.54, 1.807) is 6.92 Å². The molecule has 1 aromatic carbocycles. The molecule has 0 aliphatic heterocycles. The molecule has 7 heteroatoms. The summed E-state index contributed by atoms with van der Waals surface area (Å²) >= 11 is 0. The molecule has 3 rings (SSSR count). The highest BCUT2D eigenvalue weighted by atomic mass is 16.5. The number of amides is 2. The summed E-state index contributed by atoms with van der Waals surface area (Å²) in [6.45, 7) is 3.91. The third-order valence-electron chi connectivity index (χ3n) is 7.60. The Hall–Kier alpha value is -2.28. The van der Waals surface area contributed by atoms with Gasteiger partial charge >= 0.3 is 12.0 Å². The second kappa shape index (κ2) is 15.7. The third kappa shape index (κ3) is 10.00. The molecular formula is C29H46N2O5. The van der Waals surface area contributed by atoms with Gasteiger partial charge in [-0.2, -0.15) is 0 Å². The molecule has 0 aromatic heterocycles. The maximum absolute atomic E-state index is 13.1. The number of carboxylic acid groups (broad SMARTS) is 1. The lowest BCUT2D eigenvalue weighted by atomic mass is 9.86. The lowest BCUT2D eigenvalue weighted by Crippen LogP contribution is -2.47. The molecule has 2 N–H and O–H groups in total. The highest BCUT2D eigenvalue weighted by molar-refractivity contribution is 5.74. The first-order valence-electron chi connectivity index (χ1n) is 14.2. The molecule has 0 heterocycles. The van der Waals surface area contributed by atoms with Crippen molar-refractivity contribution in [1.29, 1.82) is 0 Å². The summed E-state index contributed by atoms with van der Waals surface area (Å²) in [5, 5.41) is 12.6. The number of benzene rings is 1. The first-order chi connectivity index (χ1) is 17.5. The van der Waals surface area contributed by atoms with Crippen molar-refractivity contribution < 1.29 is 24.2 Å². The third-order valence-corrected chi connectivity index (χ3v) is 7.60. The fourth-order valence-corrected chi connectivity index (χ4v) is 5.50. The van der Waals surface area contributed by atoms with Gasteiger partial charge in [0.25, 0.3) is 0 Å². The minimum absolute atomic E-state index is 0.0418. The van der Waals surface area contributed by atoms with Crippen molar-refractivity contribution in [2.24, 2.45) is 5.92 Å². The Kier molecular flexibility index (Phi) is 12.4. The Morgan fingerprint density at radius 3 is 2.31 bits per heavy atom. The van der Waals surface area contributed by atoms with Gasteiger partial charge in [-0.05, 0) is 56.2 Å². The van der Waals surface area contributed by atoms with Crippen LogP contribution in [-0.4, -0.2) is 60.5 Å². The molecule has 202 valence electrons. The molecule has 2 saturated carbocycles. The summed E-state index contributed by atoms with van der Waals surface area (Å²) in [6.07, 6.45) is 14.3. The van der Waals surface area contributed by atoms with Gasteiger partial charge in [0.2, 0.25) is 0 Å². The fourth-order valence-electron chi connectivity index (χ4n) is 5.50. The van der Waals surface area contributed by atoms with Crippen molar-refractivity contribution in [3.8, 4) is 5.75 Å². The molecule has 0 radical (unpaired) electrons. The number of aliphatic carboxylic acids is 1. The topological polar surface area (TPSA) is 88.1 Å². The second-order valence-corrected chi connectivity index (χ2v) is 10.4. The van der Waals surface area contributed by atoms with Crippen molar-refractivity contribution in [3.05, 3.63) is 29.8 Å². The molecule has 0 spiro atoms. The lowest BCUT2D eigenvalue weighted by molar-refractivity contribution is -0.149. The van der Waals surface area contributed by atoms with Crippen LogP contribution in [0.15, 0.2) is 24.3 Å². The minimum atomic E-state index is -0.952. The van der Waals surface area contributed by atoms with E-state index in [0.717, 1.165) is 43.0 Å². The van der Waals surface area contributed by atoms with E-state index in [4.69, 9.17) is 9.47 Å². The molecule has 1 unspecified atom stereocenters. The minimum Gasteiger partial charge on any atom is -0.492 e. The van der Waals surface area contributed by atoms with Crippen LogP contribution in [0, 0.1) is 5.92 Å². The zero-order valence-corrected chi connectivity index (χ0v) is 22.1. The number of carbonyl (C=O) groups is 2. The van der Waals surface area contributed by atoms with Crippen molar-refractivity contribution in [3.63, 3.8) is 0 Å². The Morgan fingerprint density at radius 2 is 1.67 bits per heavy atom. The summed E-state index contributed by atoms with van der Waals surface area (Å²) in [5.74, 6) is 0.587. The second-order valence-electron chi connectivity index (χ2n) is 10.4. The van der Waals surface area contributed by atoms with Crippen molar-refractivity contribution >= 4 is 12.0 Å². The van der Waals surface area contributed by atoms with Gasteiger partial charge in [0.15, 0.2) is 6.10 Å². The van der Waals surface area contributed by atoms with Crippen LogP contribution in [0.25, 0.3) is 0 Å². The van der Waals surface area contributed by atoms with E-state index in [1.165, 1.54) is 57.8 Å². The normalized spacial score (nSPS) is 17.9. The average Bonchev–Trinajstić information content (AvgIpc) is 2.89. The van der Waals surface area contributed by atoms with E-state index in [1.807, 2.05) is 29.2 Å². The van der Waals surface area contributed by atoms with Gasteiger partial charge in [-0.25, -0.2) is 9.59 Å². The van der Waals surface area contributed by atoms with Crippen LogP contribution in [0.3, 0.4) is 0 Å². The van der Waals surface area contributed by atoms with E-state index in [0.29, 0.717) is 32.2 Å². The van der Waals surface area contributed by atoms with Gasteiger partial charge in [0.05, 0.1) is 6.54 Å². The highest BCUT2D eigenvalue weighted by Gasteiger charge is 2.21. The van der Waals surface area contributed by atoms with Crippen LogP contribution in [0.5, 0.6) is 5.75 Å². The number of hydrogen-bond acceptors (Lipinski definition) is 4. The zero-order valence-electron chi connectivity index (χ0n) is 22.1. The first kappa shape index (κ1) is 28.3. The Morgan fingerprint density at radius 1 is 1.00 bits per heavy atom. The summed E-state index contributed by atoms with van der Waals surface area (Å²) in [6, 6.07) is 7.81. The van der Waals surface area contributed by atoms with Crippen molar-refractivity contribution in [2.75, 3.05) is 26.3 Å². The number of ether oxygens (including phenoxy) is 2. The number of carboxylic acids is 1. The highest BCUT2D eigenvalue weighted by Crippen LogP contribution is 2.27. The number of carbonyl (C=O) groups excluding carboxylic acids is 1. The zero-order chi connectivity index (χ0) is 25.6. The fraction of sp³-hybridized carbons (Fsp3) is 0.724. The van der Waals surface area contributed by atoms with E-state index >= 15 is 0 Å². The molecule has 2 amide bonds. The summed E-state index contributed by atoms with van der Waals surface area (Å²) in [5.41, 5.74) is 0.888. The number of nitrogens with zero attached hydrogens (tertiary/aromatic N) is 1. The van der Waals surface area contributed by atoms with Crippen LogP contribution in [0.4, 0.5) is 4.79 Å². The summed E-state index contributed by atoms with van der Waals surface area (Å²) in [7, 11) is 0. The smallest absolute Gasteiger partial charge is 0.333 e. The number of hydrogen-bond donors (Lipinski definition) is 2. The van der Waals surface area contributed by atoms with Gasteiger partial charge in [0, 0.05) is 25.6 Å². The Balaban J connectivity index is 1.47. The van der Waals surface area contributed by atoms with Gasteiger partial charge in [-0.15, -0.1) is 0 Å². The molecule has 2 fully saturated rings. The molecule has 7 nitrogen and oxygen atoms in total. The maximum Gasteiger partial charge on any atom is 0.333 e. The number of nitrogens with one attached hydrogen (secondary N) is 1. The summed E-state index contributed by atoms with van der Waals surface area (Å²) in [4.78, 5) is 26.4. The molecule has 1 aromatic rings. The Bertz CT molecular complexity index is 772. The average molecular weight is 503 g/mol. The van der Waals surface area contributed by atoms with Crippen molar-refractivity contribution in [2.45, 2.75) is 103 Å². The Labute approximate surface area is 216 Å². The van der Waals surface area contributed by atoms with E-state index < -0.39 is 12.1 Å². The van der Waals surface area contributed by atoms with Gasteiger partial charge in [-0.1, -0.05) is 63.5 Å². The van der Waals surface area contributed by atoms with E-state index in [-0.39, 0.29) is 6.03 Å². The lowest BCUT2D eigenvalue weighted by Gasteiger charge is -2.29. The van der Waals surface area contributed by atoms with Crippen LogP contribution in [0.2, 0.25) is 0 Å². The van der Waals surface area contributed by atoms with Crippen LogP contribution in [-0.2, 0) is 16.0 Å². The molecular weight excluding hydrogens is 456 g/mol. The largest absolute Gasteiger partial charge is 0.492 e.